The zero-order chi connectivity index (χ0) is 15.5. The molecule has 1 aliphatic rings. The summed E-state index contributed by atoms with van der Waals surface area (Å²) in [7, 11) is 0. The van der Waals surface area contributed by atoms with Crippen molar-refractivity contribution >= 4 is 17.7 Å². The van der Waals surface area contributed by atoms with Gasteiger partial charge >= 0.3 is 6.09 Å². The molecule has 0 unspecified atom stereocenters. The topological polar surface area (TPSA) is 47.6 Å². The molecular weight excluding hydrogens is 290 g/mol. The van der Waals surface area contributed by atoms with E-state index in [1.54, 1.807) is 0 Å². The highest BCUT2D eigenvalue weighted by Gasteiger charge is 2.31. The summed E-state index contributed by atoms with van der Waals surface area (Å²) in [6.07, 6.45) is 1.75. The normalized spacial score (nSPS) is 21.3. The van der Waals surface area contributed by atoms with E-state index in [-0.39, 0.29) is 12.2 Å². The molecule has 116 valence electrons. The molecule has 0 heterocycles. The number of alkyl carbamates (subject to hydrolysis) is 1. The maximum Gasteiger partial charge on any atom is 0.407 e. The van der Waals surface area contributed by atoms with E-state index in [0.29, 0.717) is 17.5 Å². The van der Waals surface area contributed by atoms with Gasteiger partial charge in [0.2, 0.25) is 0 Å². The summed E-state index contributed by atoms with van der Waals surface area (Å²) in [4.78, 5) is 11.5. The second kappa shape index (κ2) is 6.56. The van der Waals surface area contributed by atoms with Gasteiger partial charge in [-0.1, -0.05) is 11.6 Å². The highest BCUT2D eigenvalue weighted by Crippen LogP contribution is 2.31. The first-order valence-corrected chi connectivity index (χ1v) is 7.59. The molecule has 0 aliphatic heterocycles. The molecule has 5 heteroatoms. The van der Waals surface area contributed by atoms with E-state index in [0.717, 1.165) is 18.6 Å². The van der Waals surface area contributed by atoms with Crippen LogP contribution in [0.25, 0.3) is 0 Å². The molecular formula is C16H22ClNO3. The van der Waals surface area contributed by atoms with Gasteiger partial charge in [-0.25, -0.2) is 4.79 Å². The molecule has 1 amide bonds. The third kappa shape index (κ3) is 5.46. The van der Waals surface area contributed by atoms with Crippen LogP contribution in [0, 0.1) is 5.92 Å². The molecule has 1 aromatic carbocycles. The summed E-state index contributed by atoms with van der Waals surface area (Å²) in [5, 5.41) is 3.50. The monoisotopic (exact) mass is 311 g/mol. The van der Waals surface area contributed by atoms with Gasteiger partial charge in [-0.15, -0.1) is 0 Å². The minimum Gasteiger partial charge on any atom is -0.490 e. The first kappa shape index (κ1) is 16.0. The fourth-order valence-electron chi connectivity index (χ4n) is 2.18. The lowest BCUT2D eigenvalue weighted by molar-refractivity contribution is 0.0415. The number of nitrogens with one attached hydrogen (secondary N) is 1. The number of ether oxygens (including phenoxy) is 2. The van der Waals surface area contributed by atoms with Crippen molar-refractivity contribution in [2.24, 2.45) is 5.92 Å². The van der Waals surface area contributed by atoms with Crippen LogP contribution in [0.5, 0.6) is 5.75 Å². The lowest BCUT2D eigenvalue weighted by Crippen LogP contribution is -2.42. The van der Waals surface area contributed by atoms with Crippen LogP contribution in [0.15, 0.2) is 24.3 Å². The van der Waals surface area contributed by atoms with Crippen LogP contribution in [-0.4, -0.2) is 24.3 Å². The van der Waals surface area contributed by atoms with Crippen LogP contribution in [0.3, 0.4) is 0 Å². The summed E-state index contributed by atoms with van der Waals surface area (Å²) in [6.45, 7) is 6.19. The van der Waals surface area contributed by atoms with Gasteiger partial charge in [-0.3, -0.25) is 0 Å². The average Bonchev–Trinajstić information content (AvgIpc) is 2.32. The van der Waals surface area contributed by atoms with Crippen LogP contribution < -0.4 is 10.1 Å². The van der Waals surface area contributed by atoms with Gasteiger partial charge in [0.05, 0.1) is 6.10 Å². The van der Waals surface area contributed by atoms with Crippen molar-refractivity contribution in [2.75, 3.05) is 6.54 Å². The summed E-state index contributed by atoms with van der Waals surface area (Å²) in [5.74, 6) is 1.29. The maximum absolute atomic E-state index is 11.5. The minimum absolute atomic E-state index is 0.219. The predicted octanol–water partition coefficient (Wildman–Crippen LogP) is 4.02. The van der Waals surface area contributed by atoms with Gasteiger partial charge in [-0.2, -0.15) is 0 Å². The van der Waals surface area contributed by atoms with E-state index in [4.69, 9.17) is 21.1 Å². The van der Waals surface area contributed by atoms with E-state index in [9.17, 15) is 4.79 Å². The van der Waals surface area contributed by atoms with Crippen molar-refractivity contribution in [2.45, 2.75) is 45.3 Å². The number of carbonyl (C=O) groups excluding carboxylic acids is 1. The molecule has 4 nitrogen and oxygen atoms in total. The Morgan fingerprint density at radius 2 is 1.90 bits per heavy atom. The number of hydrogen-bond acceptors (Lipinski definition) is 3. The molecule has 0 aromatic heterocycles. The van der Waals surface area contributed by atoms with Crippen LogP contribution in [0.1, 0.15) is 33.6 Å². The van der Waals surface area contributed by atoms with Gasteiger partial charge in [-0.05, 0) is 63.8 Å². The number of halogens is 1. The standard InChI is InChI=1S/C16H22ClNO3/c1-16(2,3)21-15(19)18-10-11-8-14(9-11)20-13-6-4-12(17)5-7-13/h4-7,11,14H,8-10H2,1-3H3,(H,18,19)/t11-,14-. The second-order valence-corrected chi connectivity index (χ2v) is 6.85. The fourth-order valence-corrected chi connectivity index (χ4v) is 2.31. The molecule has 0 spiro atoms. The highest BCUT2D eigenvalue weighted by molar-refractivity contribution is 6.30. The molecule has 0 atom stereocenters. The van der Waals surface area contributed by atoms with Crippen molar-refractivity contribution in [3.8, 4) is 5.75 Å². The molecule has 1 N–H and O–H groups in total. The van der Waals surface area contributed by atoms with Crippen LogP contribution >= 0.6 is 11.6 Å². The molecule has 0 radical (unpaired) electrons. The van der Waals surface area contributed by atoms with Crippen molar-refractivity contribution < 1.29 is 14.3 Å². The predicted molar refractivity (Wildman–Crippen MR) is 82.8 cm³/mol. The molecule has 2 rings (SSSR count). The summed E-state index contributed by atoms with van der Waals surface area (Å²) >= 11 is 5.83. The molecule has 0 saturated heterocycles. The zero-order valence-electron chi connectivity index (χ0n) is 12.7. The lowest BCUT2D eigenvalue weighted by Gasteiger charge is -2.35. The number of rotatable bonds is 4. The number of benzene rings is 1. The van der Waals surface area contributed by atoms with E-state index in [2.05, 4.69) is 5.32 Å². The van der Waals surface area contributed by atoms with Crippen molar-refractivity contribution in [1.82, 2.24) is 5.32 Å². The Hall–Kier alpha value is -1.42. The molecule has 1 saturated carbocycles. The Bertz CT molecular complexity index is 475. The summed E-state index contributed by atoms with van der Waals surface area (Å²) < 4.78 is 11.0. The highest BCUT2D eigenvalue weighted by atomic mass is 35.5. The van der Waals surface area contributed by atoms with Gasteiger partial charge < -0.3 is 14.8 Å². The quantitative estimate of drug-likeness (QED) is 0.913. The van der Waals surface area contributed by atoms with E-state index < -0.39 is 5.60 Å². The Labute approximate surface area is 130 Å². The van der Waals surface area contributed by atoms with E-state index >= 15 is 0 Å². The minimum atomic E-state index is -0.454. The SMILES string of the molecule is CC(C)(C)OC(=O)NC[C@H]1C[C@H](Oc2ccc(Cl)cc2)C1. The fraction of sp³-hybridized carbons (Fsp3) is 0.562. The molecule has 1 aromatic rings. The summed E-state index contributed by atoms with van der Waals surface area (Å²) in [5.41, 5.74) is -0.454. The first-order chi connectivity index (χ1) is 9.82. The third-order valence-corrected chi connectivity index (χ3v) is 3.49. The molecule has 0 bridgehead atoms. The first-order valence-electron chi connectivity index (χ1n) is 7.21. The second-order valence-electron chi connectivity index (χ2n) is 6.41. The average molecular weight is 312 g/mol. The van der Waals surface area contributed by atoms with Gasteiger partial charge in [0.1, 0.15) is 11.4 Å². The Kier molecular flexibility index (Phi) is 4.99. The largest absolute Gasteiger partial charge is 0.490 e. The van der Waals surface area contributed by atoms with Crippen molar-refractivity contribution in [3.05, 3.63) is 29.3 Å². The van der Waals surface area contributed by atoms with E-state index in [1.807, 2.05) is 45.0 Å². The molecule has 1 fully saturated rings. The Morgan fingerprint density at radius 1 is 1.29 bits per heavy atom. The number of carbonyl (C=O) groups is 1. The number of hydrogen-bond donors (Lipinski definition) is 1. The Morgan fingerprint density at radius 3 is 2.48 bits per heavy atom. The number of amides is 1. The van der Waals surface area contributed by atoms with Gasteiger partial charge in [0.25, 0.3) is 0 Å². The smallest absolute Gasteiger partial charge is 0.407 e. The van der Waals surface area contributed by atoms with Gasteiger partial charge in [0, 0.05) is 11.6 Å². The van der Waals surface area contributed by atoms with Crippen LogP contribution in [0.2, 0.25) is 5.02 Å². The van der Waals surface area contributed by atoms with Crippen molar-refractivity contribution in [3.63, 3.8) is 0 Å². The van der Waals surface area contributed by atoms with Crippen LogP contribution in [0.4, 0.5) is 4.79 Å². The summed E-state index contributed by atoms with van der Waals surface area (Å²) in [6, 6.07) is 7.37. The molecule has 1 aliphatic carbocycles. The van der Waals surface area contributed by atoms with E-state index in [1.165, 1.54) is 0 Å². The van der Waals surface area contributed by atoms with Crippen molar-refractivity contribution in [1.29, 1.82) is 0 Å². The lowest BCUT2D eigenvalue weighted by atomic mass is 9.82. The van der Waals surface area contributed by atoms with Crippen LogP contribution in [-0.2, 0) is 4.74 Å². The maximum atomic E-state index is 11.5. The van der Waals surface area contributed by atoms with Gasteiger partial charge in [0.15, 0.2) is 0 Å². The third-order valence-electron chi connectivity index (χ3n) is 3.24. The molecule has 21 heavy (non-hydrogen) atoms. The zero-order valence-corrected chi connectivity index (χ0v) is 13.4. The Balaban J connectivity index is 1.63.